The van der Waals surface area contributed by atoms with Crippen LogP contribution in [0.2, 0.25) is 0 Å². The Hall–Kier alpha value is -1.00. The summed E-state index contributed by atoms with van der Waals surface area (Å²) in [5.41, 5.74) is 0. The zero-order valence-corrected chi connectivity index (χ0v) is 8.55. The number of carbonyl (C=O) groups excluding carboxylic acids is 1. The molecule has 0 aromatic rings. The molecule has 5 heteroatoms. The highest BCUT2D eigenvalue weighted by Gasteiger charge is 2.45. The maximum atomic E-state index is 12.2. The number of hydrogen-bond acceptors (Lipinski definition) is 1. The summed E-state index contributed by atoms with van der Waals surface area (Å²) < 4.78 is 36.5. The monoisotopic (exact) mass is 221 g/mol. The highest BCUT2D eigenvalue weighted by Crippen LogP contribution is 2.26. The number of rotatable bonds is 2. The van der Waals surface area contributed by atoms with Gasteiger partial charge in [0.15, 0.2) is 0 Å². The molecule has 1 rings (SSSR count). The van der Waals surface area contributed by atoms with Crippen molar-refractivity contribution in [2.45, 2.75) is 38.4 Å². The molecule has 0 bridgehead atoms. The van der Waals surface area contributed by atoms with Crippen molar-refractivity contribution >= 4 is 5.91 Å². The summed E-state index contributed by atoms with van der Waals surface area (Å²) in [6.07, 6.45) is 0.773. The van der Waals surface area contributed by atoms with Gasteiger partial charge in [0, 0.05) is 6.54 Å². The summed E-state index contributed by atoms with van der Waals surface area (Å²) >= 11 is 0. The van der Waals surface area contributed by atoms with E-state index < -0.39 is 12.1 Å². The Bertz CT molecular complexity index is 260. The van der Waals surface area contributed by atoms with E-state index in [2.05, 4.69) is 0 Å². The second-order valence-electron chi connectivity index (χ2n) is 3.54. The van der Waals surface area contributed by atoms with Gasteiger partial charge < -0.3 is 4.90 Å². The molecule has 15 heavy (non-hydrogen) atoms. The number of hydrogen-bond donors (Lipinski definition) is 0. The number of likely N-dealkylation sites (tertiary alicyclic amines) is 1. The number of halogens is 3. The summed E-state index contributed by atoms with van der Waals surface area (Å²) in [7, 11) is 0. The third-order valence-electron chi connectivity index (χ3n) is 2.40. The topological polar surface area (TPSA) is 20.3 Å². The average Bonchev–Trinajstić information content (AvgIpc) is 2.59. The number of amides is 1. The normalized spacial score (nSPS) is 22.7. The predicted octanol–water partition coefficient (Wildman–Crippen LogP) is 2.51. The molecule has 1 aliphatic rings. The molecule has 1 fully saturated rings. The Morgan fingerprint density at radius 1 is 1.53 bits per heavy atom. The molecule has 0 aromatic carbocycles. The quantitative estimate of drug-likeness (QED) is 0.656. The van der Waals surface area contributed by atoms with Gasteiger partial charge in [-0.3, -0.25) is 4.79 Å². The Kier molecular flexibility index (Phi) is 3.77. The van der Waals surface area contributed by atoms with Crippen LogP contribution in [-0.2, 0) is 4.79 Å². The summed E-state index contributed by atoms with van der Waals surface area (Å²) in [6.45, 7) is 2.11. The third kappa shape index (κ3) is 2.97. The lowest BCUT2D eigenvalue weighted by atomic mass is 10.2. The molecular weight excluding hydrogens is 207 g/mol. The molecule has 0 aliphatic carbocycles. The van der Waals surface area contributed by atoms with E-state index in [1.54, 1.807) is 12.2 Å². The van der Waals surface area contributed by atoms with Crippen LogP contribution >= 0.6 is 0 Å². The molecule has 0 saturated carbocycles. The van der Waals surface area contributed by atoms with Crippen LogP contribution in [0.1, 0.15) is 26.2 Å². The van der Waals surface area contributed by atoms with Crippen molar-refractivity contribution in [3.8, 4) is 0 Å². The van der Waals surface area contributed by atoms with Crippen molar-refractivity contribution in [2.24, 2.45) is 0 Å². The lowest BCUT2D eigenvalue weighted by molar-refractivity contribution is -0.185. The molecule has 1 saturated heterocycles. The molecule has 2 nitrogen and oxygen atoms in total. The van der Waals surface area contributed by atoms with Gasteiger partial charge >= 0.3 is 12.1 Å². The minimum absolute atomic E-state index is 0.205. The fourth-order valence-electron chi connectivity index (χ4n) is 1.70. The largest absolute Gasteiger partial charge is 0.471 e. The summed E-state index contributed by atoms with van der Waals surface area (Å²) in [5, 5.41) is 0. The fourth-order valence-corrected chi connectivity index (χ4v) is 1.70. The first-order valence-corrected chi connectivity index (χ1v) is 5.01. The SMILES string of the molecule is CCC=CC1CCCN1C(=O)C(F)(F)F. The number of alkyl halides is 3. The zero-order valence-electron chi connectivity index (χ0n) is 8.55. The highest BCUT2D eigenvalue weighted by atomic mass is 19.4. The maximum absolute atomic E-state index is 12.2. The molecule has 0 radical (unpaired) electrons. The molecule has 1 amide bonds. The van der Waals surface area contributed by atoms with Crippen LogP contribution < -0.4 is 0 Å². The fraction of sp³-hybridized carbons (Fsp3) is 0.700. The van der Waals surface area contributed by atoms with Crippen LogP contribution in [0.15, 0.2) is 12.2 Å². The zero-order chi connectivity index (χ0) is 11.5. The lowest BCUT2D eigenvalue weighted by Crippen LogP contribution is -2.43. The average molecular weight is 221 g/mol. The molecule has 1 aliphatic heterocycles. The van der Waals surface area contributed by atoms with Gasteiger partial charge in [0.2, 0.25) is 0 Å². The van der Waals surface area contributed by atoms with E-state index in [0.29, 0.717) is 12.8 Å². The van der Waals surface area contributed by atoms with Gasteiger partial charge in [0.1, 0.15) is 0 Å². The Labute approximate surface area is 86.7 Å². The number of nitrogens with zero attached hydrogens (tertiary/aromatic N) is 1. The Balaban J connectivity index is 2.68. The molecule has 1 heterocycles. The Morgan fingerprint density at radius 3 is 2.73 bits per heavy atom. The van der Waals surface area contributed by atoms with Gasteiger partial charge in [-0.05, 0) is 19.3 Å². The van der Waals surface area contributed by atoms with Crippen LogP contribution in [0.25, 0.3) is 0 Å². The maximum Gasteiger partial charge on any atom is 0.471 e. The van der Waals surface area contributed by atoms with E-state index in [4.69, 9.17) is 0 Å². The van der Waals surface area contributed by atoms with Gasteiger partial charge in [-0.2, -0.15) is 13.2 Å². The van der Waals surface area contributed by atoms with Crippen molar-refractivity contribution in [1.29, 1.82) is 0 Å². The van der Waals surface area contributed by atoms with E-state index >= 15 is 0 Å². The molecule has 1 atom stereocenters. The number of carbonyl (C=O) groups is 1. The molecule has 0 aromatic heterocycles. The summed E-state index contributed by atoms with van der Waals surface area (Å²) in [5.74, 6) is -1.72. The first-order valence-electron chi connectivity index (χ1n) is 5.01. The number of allylic oxidation sites excluding steroid dienone is 1. The van der Waals surface area contributed by atoms with Crippen LogP contribution in [0.3, 0.4) is 0 Å². The van der Waals surface area contributed by atoms with E-state index in [-0.39, 0.29) is 12.6 Å². The molecule has 86 valence electrons. The molecule has 0 spiro atoms. The van der Waals surface area contributed by atoms with Crippen molar-refractivity contribution in [3.63, 3.8) is 0 Å². The van der Waals surface area contributed by atoms with E-state index in [9.17, 15) is 18.0 Å². The van der Waals surface area contributed by atoms with E-state index in [0.717, 1.165) is 11.3 Å². The van der Waals surface area contributed by atoms with Gasteiger partial charge in [0.05, 0.1) is 6.04 Å². The summed E-state index contributed by atoms with van der Waals surface area (Å²) in [6, 6.07) is -0.376. The molecule has 1 unspecified atom stereocenters. The molecule has 0 N–H and O–H groups in total. The Morgan fingerprint density at radius 2 is 2.20 bits per heavy atom. The van der Waals surface area contributed by atoms with Crippen molar-refractivity contribution in [3.05, 3.63) is 12.2 Å². The first-order chi connectivity index (χ1) is 6.96. The smallest absolute Gasteiger partial charge is 0.328 e. The van der Waals surface area contributed by atoms with E-state index in [1.165, 1.54) is 0 Å². The minimum atomic E-state index is -4.75. The van der Waals surface area contributed by atoms with Gasteiger partial charge in [-0.15, -0.1) is 0 Å². The van der Waals surface area contributed by atoms with Crippen molar-refractivity contribution in [2.75, 3.05) is 6.54 Å². The highest BCUT2D eigenvalue weighted by molar-refractivity contribution is 5.82. The molecular formula is C10H14F3NO. The van der Waals surface area contributed by atoms with Gasteiger partial charge in [-0.25, -0.2) is 0 Å². The van der Waals surface area contributed by atoms with Crippen LogP contribution in [0, 0.1) is 0 Å². The van der Waals surface area contributed by atoms with Crippen LogP contribution in [-0.4, -0.2) is 29.6 Å². The second-order valence-corrected chi connectivity index (χ2v) is 3.54. The minimum Gasteiger partial charge on any atom is -0.328 e. The summed E-state index contributed by atoms with van der Waals surface area (Å²) in [4.78, 5) is 11.9. The van der Waals surface area contributed by atoms with E-state index in [1.807, 2.05) is 6.92 Å². The first kappa shape index (κ1) is 12.1. The van der Waals surface area contributed by atoms with Crippen LogP contribution in [0.5, 0.6) is 0 Å². The van der Waals surface area contributed by atoms with Gasteiger partial charge in [0.25, 0.3) is 0 Å². The predicted molar refractivity (Wildman–Crippen MR) is 50.2 cm³/mol. The van der Waals surface area contributed by atoms with Gasteiger partial charge in [-0.1, -0.05) is 19.1 Å². The van der Waals surface area contributed by atoms with Crippen molar-refractivity contribution < 1.29 is 18.0 Å². The van der Waals surface area contributed by atoms with Crippen LogP contribution in [0.4, 0.5) is 13.2 Å². The lowest BCUT2D eigenvalue weighted by Gasteiger charge is -2.23. The van der Waals surface area contributed by atoms with Crippen molar-refractivity contribution in [1.82, 2.24) is 4.90 Å². The third-order valence-corrected chi connectivity index (χ3v) is 2.40. The second kappa shape index (κ2) is 4.68. The standard InChI is InChI=1S/C10H14F3NO/c1-2-3-5-8-6-4-7-14(8)9(15)10(11,12)13/h3,5,8H,2,4,6-7H2,1H3.